The Morgan fingerprint density at radius 2 is 1.46 bits per heavy atom. The number of aromatic hydroxyl groups is 4. The maximum atomic E-state index is 13.2. The Labute approximate surface area is 278 Å². The van der Waals surface area contributed by atoms with E-state index >= 15 is 0 Å². The largest absolute Gasteiger partial charge is 0.507 e. The predicted molar refractivity (Wildman–Crippen MR) is 176 cm³/mol. The number of hydrogen-bond acceptors (Lipinski definition) is 13. The van der Waals surface area contributed by atoms with Gasteiger partial charge in [-0.2, -0.15) is 0 Å². The number of phenols is 4. The van der Waals surface area contributed by atoms with E-state index in [1.807, 2.05) is 0 Å². The Morgan fingerprint density at radius 1 is 0.780 bits per heavy atom. The molecule has 1 unspecified atom stereocenters. The Kier molecular flexibility index (Phi) is 7.04. The first-order chi connectivity index (χ1) is 23.8. The molecule has 16 heteroatoms. The van der Waals surface area contributed by atoms with Gasteiger partial charge in [-0.05, 0) is 36.4 Å². The van der Waals surface area contributed by atoms with Crippen molar-refractivity contribution in [2.24, 2.45) is 4.99 Å². The smallest absolute Gasteiger partial charge is 0.337 e. The minimum absolute atomic E-state index is 0.139. The molecule has 1 atom stereocenters. The van der Waals surface area contributed by atoms with Gasteiger partial charge < -0.3 is 51.5 Å². The van der Waals surface area contributed by atoms with Crippen LogP contribution in [0, 0.1) is 0 Å². The molecule has 0 saturated carbocycles. The van der Waals surface area contributed by atoms with Gasteiger partial charge in [0, 0.05) is 23.3 Å². The van der Waals surface area contributed by atoms with Crippen LogP contribution in [0.5, 0.6) is 23.0 Å². The van der Waals surface area contributed by atoms with Gasteiger partial charge in [0.1, 0.15) is 56.6 Å². The summed E-state index contributed by atoms with van der Waals surface area (Å²) in [6.45, 7) is -0.786. The minimum atomic E-state index is -2.66. The highest BCUT2D eigenvalue weighted by Crippen LogP contribution is 2.50. The van der Waals surface area contributed by atoms with Crippen molar-refractivity contribution in [3.63, 3.8) is 0 Å². The lowest BCUT2D eigenvalue weighted by Crippen LogP contribution is -2.53. The second kappa shape index (κ2) is 11.2. The number of aliphatic hydroxyl groups excluding tert-OH is 1. The topological polar surface area (TPSA) is 275 Å². The minimum Gasteiger partial charge on any atom is -0.507 e. The van der Waals surface area contributed by atoms with E-state index in [4.69, 9.17) is 0 Å². The van der Waals surface area contributed by atoms with Crippen LogP contribution in [0.25, 0.3) is 27.6 Å². The molecule has 0 radical (unpaired) electrons. The molecule has 2 aliphatic rings. The molecule has 4 aromatic carbocycles. The van der Waals surface area contributed by atoms with Crippen LogP contribution < -0.4 is 10.6 Å². The lowest BCUT2D eigenvalue weighted by Gasteiger charge is -2.39. The number of phenolic OH excluding ortho intramolecular Hbond substituents is 4. The highest BCUT2D eigenvalue weighted by molar-refractivity contribution is 6.23. The summed E-state index contributed by atoms with van der Waals surface area (Å²) in [5.74, 6) is -6.84. The van der Waals surface area contributed by atoms with Gasteiger partial charge in [-0.3, -0.25) is 4.79 Å². The molecular formula is C34H23N5O11. The van der Waals surface area contributed by atoms with Gasteiger partial charge in [0.2, 0.25) is 0 Å². The van der Waals surface area contributed by atoms with Crippen LogP contribution in [0.2, 0.25) is 0 Å². The monoisotopic (exact) mass is 677 g/mol. The van der Waals surface area contributed by atoms with Crippen LogP contribution in [-0.4, -0.2) is 86.5 Å². The van der Waals surface area contributed by atoms with Crippen molar-refractivity contribution in [1.29, 1.82) is 0 Å². The second-order valence-corrected chi connectivity index (χ2v) is 11.3. The summed E-state index contributed by atoms with van der Waals surface area (Å²) < 4.78 is 0. The van der Waals surface area contributed by atoms with E-state index < -0.39 is 75.4 Å². The van der Waals surface area contributed by atoms with Crippen molar-refractivity contribution in [3.05, 3.63) is 100 Å². The molecule has 7 rings (SSSR count). The SMILES string of the molecule is O=C(NCC1(O)C2=Nc3c(C(=O)O)ccc(O)c3NC2=CC(O)=C1c1c(O)cc2nc3c(O)ccc(C(=O)O)c3nc2c1O)c1ccccc1. The second-order valence-electron chi connectivity index (χ2n) is 11.3. The van der Waals surface area contributed by atoms with E-state index in [-0.39, 0.29) is 56.0 Å². The molecule has 0 fully saturated rings. The van der Waals surface area contributed by atoms with Crippen LogP contribution in [0.1, 0.15) is 36.6 Å². The molecule has 250 valence electrons. The molecule has 16 nitrogen and oxygen atoms in total. The first-order valence-corrected chi connectivity index (χ1v) is 14.6. The number of carbonyl (C=O) groups excluding carboxylic acids is 1. The highest BCUT2D eigenvalue weighted by Gasteiger charge is 2.49. The van der Waals surface area contributed by atoms with Gasteiger partial charge >= 0.3 is 11.9 Å². The predicted octanol–water partition coefficient (Wildman–Crippen LogP) is 3.53. The molecule has 5 aromatic rings. The number of anilines is 1. The van der Waals surface area contributed by atoms with E-state index in [9.17, 15) is 55.2 Å². The Bertz CT molecular complexity index is 2460. The van der Waals surface area contributed by atoms with Crippen molar-refractivity contribution in [3.8, 4) is 23.0 Å². The van der Waals surface area contributed by atoms with E-state index in [2.05, 4.69) is 25.6 Å². The van der Waals surface area contributed by atoms with Gasteiger partial charge in [0.05, 0.1) is 34.4 Å². The number of benzene rings is 4. The van der Waals surface area contributed by atoms with E-state index in [1.165, 1.54) is 12.1 Å². The molecule has 0 spiro atoms. The number of amides is 1. The maximum Gasteiger partial charge on any atom is 0.337 e. The third-order valence-corrected chi connectivity index (χ3v) is 8.31. The molecular weight excluding hydrogens is 654 g/mol. The van der Waals surface area contributed by atoms with E-state index in [1.54, 1.807) is 18.2 Å². The summed E-state index contributed by atoms with van der Waals surface area (Å²) in [7, 11) is 0. The third kappa shape index (κ3) is 4.74. The molecule has 50 heavy (non-hydrogen) atoms. The zero-order chi connectivity index (χ0) is 35.6. The average molecular weight is 678 g/mol. The summed E-state index contributed by atoms with van der Waals surface area (Å²) >= 11 is 0. The Morgan fingerprint density at radius 3 is 2.16 bits per heavy atom. The van der Waals surface area contributed by atoms with Crippen molar-refractivity contribution < 1.29 is 55.2 Å². The number of nitrogens with one attached hydrogen (secondary N) is 2. The summed E-state index contributed by atoms with van der Waals surface area (Å²) in [5.41, 5.74) is -6.71. The van der Waals surface area contributed by atoms with E-state index in [0.29, 0.717) is 0 Å². The molecule has 0 saturated heterocycles. The zero-order valence-electron chi connectivity index (χ0n) is 25.2. The number of carboxylic acid groups (broad SMARTS) is 2. The number of rotatable bonds is 6. The number of aromatic carboxylic acids is 2. The lowest BCUT2D eigenvalue weighted by molar-refractivity contribution is 0.0687. The zero-order valence-corrected chi connectivity index (χ0v) is 25.2. The summed E-state index contributed by atoms with van der Waals surface area (Å²) in [6, 6.07) is 13.2. The van der Waals surface area contributed by atoms with Crippen LogP contribution in [0.4, 0.5) is 11.4 Å². The fraction of sp³-hybridized carbons (Fsp3) is 0.0588. The first kappa shape index (κ1) is 31.4. The number of hydrogen-bond donors (Lipinski definition) is 10. The number of aromatic nitrogens is 2. The van der Waals surface area contributed by atoms with Crippen molar-refractivity contribution in [2.45, 2.75) is 5.60 Å². The van der Waals surface area contributed by atoms with Gasteiger partial charge in [-0.1, -0.05) is 18.2 Å². The molecule has 0 bridgehead atoms. The Hall–Kier alpha value is -7.20. The van der Waals surface area contributed by atoms with Gasteiger partial charge in [-0.15, -0.1) is 0 Å². The summed E-state index contributed by atoms with van der Waals surface area (Å²) in [4.78, 5) is 50.0. The number of fused-ring (bicyclic) bond motifs is 4. The van der Waals surface area contributed by atoms with Crippen LogP contribution in [0.3, 0.4) is 0 Å². The highest BCUT2D eigenvalue weighted by atomic mass is 16.4. The number of nitrogens with zero attached hydrogens (tertiary/aromatic N) is 3. The van der Waals surface area contributed by atoms with Gasteiger partial charge in [0.25, 0.3) is 5.91 Å². The fourth-order valence-corrected chi connectivity index (χ4v) is 5.99. The molecule has 1 aliphatic carbocycles. The summed E-state index contributed by atoms with van der Waals surface area (Å²) in [6.07, 6.45) is 1.03. The maximum absolute atomic E-state index is 13.2. The van der Waals surface area contributed by atoms with E-state index in [0.717, 1.165) is 36.4 Å². The quantitative estimate of drug-likeness (QED) is 0.0910. The fourth-order valence-electron chi connectivity index (χ4n) is 5.99. The lowest BCUT2D eigenvalue weighted by atomic mass is 9.77. The van der Waals surface area contributed by atoms with Crippen molar-refractivity contribution >= 4 is 62.6 Å². The summed E-state index contributed by atoms with van der Waals surface area (Å²) in [5, 5.41) is 92.8. The van der Waals surface area contributed by atoms with Crippen LogP contribution in [-0.2, 0) is 0 Å². The average Bonchev–Trinajstić information content (AvgIpc) is 3.08. The van der Waals surface area contributed by atoms with Gasteiger partial charge in [0.15, 0.2) is 11.4 Å². The standard InChI is InChI=1S/C34H23N5O11/c40-18-8-6-14(32(46)47)24-27(18)36-16-10-20(42)22(29(44)26(16)38-24)23-21(43)11-17-30(34(23,50)12-35-31(45)13-4-2-1-3-5-13)39-25-15(33(48)49)7-9-19(41)28(25)37-17/h1-11,37,40-44,50H,12H2,(H,35,45)(H,46,47)(H,48,49). The number of carboxylic acids is 2. The molecule has 1 aromatic heterocycles. The number of allylic oxidation sites excluding steroid dienone is 1. The van der Waals surface area contributed by atoms with Crippen molar-refractivity contribution in [1.82, 2.24) is 15.3 Å². The first-order valence-electron chi connectivity index (χ1n) is 14.6. The number of carbonyl (C=O) groups is 3. The normalized spacial score (nSPS) is 16.6. The molecule has 10 N–H and O–H groups in total. The van der Waals surface area contributed by atoms with Crippen LogP contribution >= 0.6 is 0 Å². The molecule has 2 heterocycles. The van der Waals surface area contributed by atoms with Crippen molar-refractivity contribution in [2.75, 3.05) is 11.9 Å². The molecule has 1 aliphatic heterocycles. The Balaban J connectivity index is 1.48. The van der Waals surface area contributed by atoms with Gasteiger partial charge in [-0.25, -0.2) is 24.5 Å². The van der Waals surface area contributed by atoms with Crippen LogP contribution in [0.15, 0.2) is 83.2 Å². The molecule has 1 amide bonds. The number of aliphatic imine (C=N–C) groups is 1. The number of aliphatic hydroxyl groups is 2. The third-order valence-electron chi connectivity index (χ3n) is 8.31.